The van der Waals surface area contributed by atoms with Gasteiger partial charge in [-0.25, -0.2) is 9.78 Å². The number of fused-ring (bicyclic) bond motifs is 1. The van der Waals surface area contributed by atoms with Crippen LogP contribution in [0.2, 0.25) is 0 Å². The van der Waals surface area contributed by atoms with Crippen LogP contribution in [-0.2, 0) is 16.0 Å². The molecule has 0 fully saturated rings. The standard InChI is InChI=1S/C12H15BrN2O3/c1-12(2,3)18-11(17)8-4-5-9-14-6-7(13)10(16)15(8)9/h6,8H,4-5H2,1-3H3/t8-/m0/s1. The lowest BCUT2D eigenvalue weighted by molar-refractivity contribution is -0.158. The average Bonchev–Trinajstić information content (AvgIpc) is 2.65. The lowest BCUT2D eigenvalue weighted by Crippen LogP contribution is -2.33. The van der Waals surface area contributed by atoms with Crippen LogP contribution in [0, 0.1) is 0 Å². The van der Waals surface area contributed by atoms with Gasteiger partial charge in [-0.3, -0.25) is 9.36 Å². The first kappa shape index (κ1) is 13.3. The lowest BCUT2D eigenvalue weighted by Gasteiger charge is -2.22. The Bertz CT molecular complexity index is 545. The van der Waals surface area contributed by atoms with E-state index in [1.165, 1.54) is 10.8 Å². The van der Waals surface area contributed by atoms with Crippen molar-refractivity contribution >= 4 is 21.9 Å². The number of hydrogen-bond donors (Lipinski definition) is 0. The number of nitrogens with zero attached hydrogens (tertiary/aromatic N) is 2. The second-order valence-electron chi connectivity index (χ2n) is 5.29. The van der Waals surface area contributed by atoms with Crippen LogP contribution in [-0.4, -0.2) is 21.1 Å². The van der Waals surface area contributed by atoms with Crippen molar-refractivity contribution in [3.05, 3.63) is 26.8 Å². The van der Waals surface area contributed by atoms with E-state index in [0.29, 0.717) is 23.1 Å². The predicted molar refractivity (Wildman–Crippen MR) is 69.4 cm³/mol. The van der Waals surface area contributed by atoms with E-state index in [2.05, 4.69) is 20.9 Å². The highest BCUT2D eigenvalue weighted by Gasteiger charge is 2.33. The molecule has 0 saturated carbocycles. The van der Waals surface area contributed by atoms with Crippen LogP contribution in [0.4, 0.5) is 0 Å². The van der Waals surface area contributed by atoms with E-state index in [1.54, 1.807) is 0 Å². The van der Waals surface area contributed by atoms with Gasteiger partial charge < -0.3 is 4.74 Å². The average molecular weight is 315 g/mol. The minimum absolute atomic E-state index is 0.228. The molecule has 5 nitrogen and oxygen atoms in total. The van der Waals surface area contributed by atoms with Gasteiger partial charge in [0.05, 0.1) is 0 Å². The van der Waals surface area contributed by atoms with Crippen LogP contribution in [0.1, 0.15) is 39.1 Å². The molecule has 0 spiro atoms. The minimum atomic E-state index is -0.559. The molecule has 0 radical (unpaired) electrons. The maximum atomic E-state index is 12.1. The van der Waals surface area contributed by atoms with Gasteiger partial charge in [0.15, 0.2) is 0 Å². The van der Waals surface area contributed by atoms with E-state index >= 15 is 0 Å². The highest BCUT2D eigenvalue weighted by molar-refractivity contribution is 9.10. The fourth-order valence-electron chi connectivity index (χ4n) is 1.98. The topological polar surface area (TPSA) is 61.2 Å². The molecular weight excluding hydrogens is 300 g/mol. The van der Waals surface area contributed by atoms with Gasteiger partial charge in [-0.1, -0.05) is 0 Å². The normalized spacial score (nSPS) is 18.6. The number of aryl methyl sites for hydroxylation is 1. The molecule has 1 atom stereocenters. The highest BCUT2D eigenvalue weighted by Crippen LogP contribution is 2.26. The number of carbonyl (C=O) groups is 1. The van der Waals surface area contributed by atoms with Gasteiger partial charge in [-0.2, -0.15) is 0 Å². The Balaban J connectivity index is 2.35. The summed E-state index contributed by atoms with van der Waals surface area (Å²) in [7, 11) is 0. The zero-order valence-electron chi connectivity index (χ0n) is 10.6. The molecule has 0 aliphatic carbocycles. The molecule has 0 N–H and O–H groups in total. The maximum absolute atomic E-state index is 12.1. The van der Waals surface area contributed by atoms with Gasteiger partial charge in [0.25, 0.3) is 5.56 Å². The van der Waals surface area contributed by atoms with Crippen molar-refractivity contribution in [3.63, 3.8) is 0 Å². The Labute approximate surface area is 113 Å². The zero-order valence-corrected chi connectivity index (χ0v) is 12.2. The van der Waals surface area contributed by atoms with Gasteiger partial charge in [-0.05, 0) is 43.1 Å². The Morgan fingerprint density at radius 1 is 1.56 bits per heavy atom. The first-order chi connectivity index (χ1) is 8.29. The van der Waals surface area contributed by atoms with Crippen LogP contribution >= 0.6 is 15.9 Å². The summed E-state index contributed by atoms with van der Waals surface area (Å²) in [6.07, 6.45) is 2.66. The lowest BCUT2D eigenvalue weighted by atomic mass is 10.1. The molecule has 98 valence electrons. The van der Waals surface area contributed by atoms with Crippen molar-refractivity contribution in [2.24, 2.45) is 0 Å². The molecule has 1 aliphatic heterocycles. The van der Waals surface area contributed by atoms with Crippen molar-refractivity contribution in [1.29, 1.82) is 0 Å². The fraction of sp³-hybridized carbons (Fsp3) is 0.583. The molecular formula is C12H15BrN2O3. The van der Waals surface area contributed by atoms with E-state index in [0.717, 1.165) is 0 Å². The zero-order chi connectivity index (χ0) is 13.5. The third-order valence-electron chi connectivity index (χ3n) is 2.66. The minimum Gasteiger partial charge on any atom is -0.458 e. The monoisotopic (exact) mass is 314 g/mol. The van der Waals surface area contributed by atoms with E-state index in [9.17, 15) is 9.59 Å². The largest absolute Gasteiger partial charge is 0.458 e. The summed E-state index contributed by atoms with van der Waals surface area (Å²) >= 11 is 3.14. The number of ether oxygens (including phenoxy) is 1. The molecule has 1 aromatic rings. The molecule has 2 rings (SSSR count). The molecule has 18 heavy (non-hydrogen) atoms. The van der Waals surface area contributed by atoms with E-state index in [1.807, 2.05) is 20.8 Å². The van der Waals surface area contributed by atoms with Crippen molar-refractivity contribution in [3.8, 4) is 0 Å². The van der Waals surface area contributed by atoms with Crippen LogP contribution in [0.25, 0.3) is 0 Å². The van der Waals surface area contributed by atoms with Gasteiger partial charge in [0.1, 0.15) is 21.9 Å². The Morgan fingerprint density at radius 3 is 2.83 bits per heavy atom. The Morgan fingerprint density at radius 2 is 2.22 bits per heavy atom. The van der Waals surface area contributed by atoms with Gasteiger partial charge in [0.2, 0.25) is 0 Å². The van der Waals surface area contributed by atoms with Crippen molar-refractivity contribution in [1.82, 2.24) is 9.55 Å². The van der Waals surface area contributed by atoms with E-state index in [4.69, 9.17) is 4.74 Å². The second kappa shape index (κ2) is 4.50. The molecule has 1 aromatic heterocycles. The first-order valence-corrected chi connectivity index (χ1v) is 6.57. The fourth-order valence-corrected chi connectivity index (χ4v) is 2.27. The quantitative estimate of drug-likeness (QED) is 0.742. The number of carbonyl (C=O) groups excluding carboxylic acids is 1. The number of hydrogen-bond acceptors (Lipinski definition) is 4. The summed E-state index contributed by atoms with van der Waals surface area (Å²) in [5, 5.41) is 0. The van der Waals surface area contributed by atoms with Crippen molar-refractivity contribution in [2.75, 3.05) is 0 Å². The SMILES string of the molecule is CC(C)(C)OC(=O)[C@@H]1CCc2ncc(Br)c(=O)n21. The number of esters is 1. The Kier molecular flexibility index (Phi) is 3.31. The van der Waals surface area contributed by atoms with Crippen LogP contribution < -0.4 is 5.56 Å². The smallest absolute Gasteiger partial charge is 0.329 e. The van der Waals surface area contributed by atoms with E-state index < -0.39 is 11.6 Å². The summed E-state index contributed by atoms with van der Waals surface area (Å²) in [6.45, 7) is 5.42. The van der Waals surface area contributed by atoms with Crippen LogP contribution in [0.5, 0.6) is 0 Å². The van der Waals surface area contributed by atoms with Crippen LogP contribution in [0.15, 0.2) is 15.5 Å². The summed E-state index contributed by atoms with van der Waals surface area (Å²) in [5.74, 6) is 0.266. The molecule has 6 heteroatoms. The second-order valence-corrected chi connectivity index (χ2v) is 6.14. The summed E-state index contributed by atoms with van der Waals surface area (Å²) < 4.78 is 7.12. The molecule has 1 aliphatic rings. The third kappa shape index (κ3) is 2.48. The van der Waals surface area contributed by atoms with Gasteiger partial charge in [0, 0.05) is 12.6 Å². The Hall–Kier alpha value is -1.17. The summed E-state index contributed by atoms with van der Waals surface area (Å²) in [4.78, 5) is 28.2. The van der Waals surface area contributed by atoms with Crippen LogP contribution in [0.3, 0.4) is 0 Å². The van der Waals surface area contributed by atoms with Gasteiger partial charge >= 0.3 is 5.97 Å². The molecule has 0 saturated heterocycles. The molecule has 0 aromatic carbocycles. The number of aromatic nitrogens is 2. The first-order valence-electron chi connectivity index (χ1n) is 5.78. The van der Waals surface area contributed by atoms with Gasteiger partial charge in [-0.15, -0.1) is 0 Å². The number of halogens is 1. The third-order valence-corrected chi connectivity index (χ3v) is 3.20. The molecule has 0 bridgehead atoms. The molecule has 0 amide bonds. The summed E-state index contributed by atoms with van der Waals surface area (Å²) in [6, 6.07) is -0.559. The predicted octanol–water partition coefficient (Wildman–Crippen LogP) is 1.83. The highest BCUT2D eigenvalue weighted by atomic mass is 79.9. The molecule has 2 heterocycles. The maximum Gasteiger partial charge on any atom is 0.329 e. The summed E-state index contributed by atoms with van der Waals surface area (Å²) in [5.41, 5.74) is -0.781. The van der Waals surface area contributed by atoms with Crippen molar-refractivity contribution < 1.29 is 9.53 Å². The molecule has 0 unspecified atom stereocenters. The van der Waals surface area contributed by atoms with E-state index in [-0.39, 0.29) is 11.5 Å². The van der Waals surface area contributed by atoms with Crippen molar-refractivity contribution in [2.45, 2.75) is 45.3 Å². The number of rotatable bonds is 1.